The Balaban J connectivity index is 1.76. The van der Waals surface area contributed by atoms with E-state index in [0.717, 1.165) is 10.1 Å². The number of nitrogens with zero attached hydrogens (tertiary/aromatic N) is 4. The van der Waals surface area contributed by atoms with Crippen molar-refractivity contribution in [1.29, 1.82) is 0 Å². The molecular formula is C22H18ClN5O3. The fourth-order valence-corrected chi connectivity index (χ4v) is 3.42. The van der Waals surface area contributed by atoms with Gasteiger partial charge >= 0.3 is 5.69 Å². The molecule has 1 amide bonds. The first-order chi connectivity index (χ1) is 14.9. The minimum Gasteiger partial charge on any atom is -0.324 e. The molecular weight excluding hydrogens is 418 g/mol. The van der Waals surface area contributed by atoms with Crippen molar-refractivity contribution in [2.45, 2.75) is 20.0 Å². The summed E-state index contributed by atoms with van der Waals surface area (Å²) in [6, 6.07) is 13.6. The van der Waals surface area contributed by atoms with Crippen LogP contribution in [0, 0.1) is 6.92 Å². The second-order valence-corrected chi connectivity index (χ2v) is 7.40. The Morgan fingerprint density at radius 3 is 2.61 bits per heavy atom. The molecule has 3 heterocycles. The summed E-state index contributed by atoms with van der Waals surface area (Å²) < 4.78 is 2.28. The summed E-state index contributed by atoms with van der Waals surface area (Å²) >= 11 is 6.02. The van der Waals surface area contributed by atoms with Gasteiger partial charge in [-0.15, -0.1) is 0 Å². The van der Waals surface area contributed by atoms with Crippen LogP contribution < -0.4 is 16.6 Å². The summed E-state index contributed by atoms with van der Waals surface area (Å²) in [5.74, 6) is -0.430. The molecule has 0 aliphatic heterocycles. The van der Waals surface area contributed by atoms with Crippen LogP contribution >= 0.6 is 11.6 Å². The zero-order chi connectivity index (χ0) is 22.0. The van der Waals surface area contributed by atoms with Crippen LogP contribution in [-0.2, 0) is 17.9 Å². The number of hydrogen-bond acceptors (Lipinski definition) is 5. The number of carbonyl (C=O) groups excluding carboxylic acids is 1. The van der Waals surface area contributed by atoms with Gasteiger partial charge in [-0.2, -0.15) is 0 Å². The summed E-state index contributed by atoms with van der Waals surface area (Å²) in [6.07, 6.45) is 3.05. The number of aryl methyl sites for hydroxylation is 1. The highest BCUT2D eigenvalue weighted by Crippen LogP contribution is 2.20. The first-order valence-corrected chi connectivity index (χ1v) is 9.86. The van der Waals surface area contributed by atoms with Crippen LogP contribution in [-0.4, -0.2) is 25.0 Å². The number of fused-ring (bicyclic) bond motifs is 1. The molecule has 4 rings (SSSR count). The van der Waals surface area contributed by atoms with Gasteiger partial charge in [0.15, 0.2) is 5.52 Å². The normalized spacial score (nSPS) is 10.9. The lowest BCUT2D eigenvalue weighted by Crippen LogP contribution is -2.42. The number of aromatic nitrogens is 4. The lowest BCUT2D eigenvalue weighted by atomic mass is 10.2. The van der Waals surface area contributed by atoms with E-state index in [2.05, 4.69) is 15.3 Å². The lowest BCUT2D eigenvalue weighted by molar-refractivity contribution is -0.116. The summed E-state index contributed by atoms with van der Waals surface area (Å²) in [4.78, 5) is 47.2. The van der Waals surface area contributed by atoms with Gasteiger partial charge in [-0.3, -0.25) is 23.7 Å². The molecule has 0 aliphatic carbocycles. The molecule has 0 fully saturated rings. The minimum atomic E-state index is -0.617. The number of hydrogen-bond donors (Lipinski definition) is 1. The van der Waals surface area contributed by atoms with Crippen LogP contribution in [0.5, 0.6) is 0 Å². The number of carbonyl (C=O) groups is 1. The Hall–Kier alpha value is -3.78. The molecule has 1 aromatic carbocycles. The average Bonchev–Trinajstić information content (AvgIpc) is 2.77. The van der Waals surface area contributed by atoms with Crippen molar-refractivity contribution < 1.29 is 4.79 Å². The van der Waals surface area contributed by atoms with Crippen LogP contribution in [0.4, 0.5) is 5.69 Å². The maximum Gasteiger partial charge on any atom is 0.332 e. The van der Waals surface area contributed by atoms with Crippen LogP contribution in [0.1, 0.15) is 11.3 Å². The zero-order valence-electron chi connectivity index (χ0n) is 16.6. The smallest absolute Gasteiger partial charge is 0.324 e. The molecule has 0 saturated carbocycles. The molecule has 9 heteroatoms. The molecule has 0 aliphatic rings. The summed E-state index contributed by atoms with van der Waals surface area (Å²) in [6.45, 7) is 1.51. The SMILES string of the molecule is Cc1ccc(Cl)cc1NC(=O)Cn1c(=O)n(Cc2ccccn2)c(=O)c2ncccc21. The molecule has 3 aromatic heterocycles. The average molecular weight is 436 g/mol. The quantitative estimate of drug-likeness (QED) is 0.519. The van der Waals surface area contributed by atoms with E-state index in [1.807, 2.05) is 6.92 Å². The third kappa shape index (κ3) is 4.24. The standard InChI is InChI=1S/C22H18ClN5O3/c1-14-7-8-15(23)11-17(14)26-19(29)13-27-18-6-4-10-25-20(18)21(30)28(22(27)31)12-16-5-2-3-9-24-16/h2-11H,12-13H2,1H3,(H,26,29). The van der Waals surface area contributed by atoms with E-state index >= 15 is 0 Å². The van der Waals surface area contributed by atoms with Gasteiger partial charge in [-0.05, 0) is 48.9 Å². The third-order valence-electron chi connectivity index (χ3n) is 4.81. The van der Waals surface area contributed by atoms with E-state index in [9.17, 15) is 14.4 Å². The van der Waals surface area contributed by atoms with Crippen LogP contribution in [0.3, 0.4) is 0 Å². The number of amides is 1. The fourth-order valence-electron chi connectivity index (χ4n) is 3.25. The van der Waals surface area contributed by atoms with Crippen molar-refractivity contribution in [3.05, 3.63) is 98.0 Å². The molecule has 0 unspecified atom stereocenters. The van der Waals surface area contributed by atoms with E-state index in [4.69, 9.17) is 11.6 Å². The molecule has 156 valence electrons. The van der Waals surface area contributed by atoms with Crippen molar-refractivity contribution in [2.24, 2.45) is 0 Å². The first kappa shape index (κ1) is 20.5. The van der Waals surface area contributed by atoms with Gasteiger partial charge in [0.25, 0.3) is 5.56 Å². The second kappa shape index (κ2) is 8.53. The number of benzene rings is 1. The van der Waals surface area contributed by atoms with Gasteiger partial charge in [-0.1, -0.05) is 23.7 Å². The molecule has 0 bridgehead atoms. The Labute approximate surface area is 181 Å². The van der Waals surface area contributed by atoms with E-state index in [-0.39, 0.29) is 24.1 Å². The van der Waals surface area contributed by atoms with E-state index in [1.165, 1.54) is 10.8 Å². The van der Waals surface area contributed by atoms with Gasteiger partial charge in [0, 0.05) is 23.1 Å². The van der Waals surface area contributed by atoms with Crippen LogP contribution in [0.25, 0.3) is 11.0 Å². The third-order valence-corrected chi connectivity index (χ3v) is 5.04. The summed E-state index contributed by atoms with van der Waals surface area (Å²) in [7, 11) is 0. The summed E-state index contributed by atoms with van der Waals surface area (Å²) in [5.41, 5.74) is 1.16. The predicted molar refractivity (Wildman–Crippen MR) is 118 cm³/mol. The van der Waals surface area contributed by atoms with Crippen LogP contribution in [0.15, 0.2) is 70.5 Å². The number of halogens is 1. The molecule has 4 aromatic rings. The number of pyridine rings is 2. The van der Waals surface area contributed by atoms with E-state index in [0.29, 0.717) is 16.4 Å². The van der Waals surface area contributed by atoms with Gasteiger partial charge in [-0.25, -0.2) is 9.78 Å². The first-order valence-electron chi connectivity index (χ1n) is 9.48. The Bertz CT molecular complexity index is 1400. The minimum absolute atomic E-state index is 0.0277. The Kier molecular flexibility index (Phi) is 5.64. The fraction of sp³-hybridized carbons (Fsp3) is 0.136. The van der Waals surface area contributed by atoms with Gasteiger partial charge in [0.1, 0.15) is 6.54 Å². The topological polar surface area (TPSA) is 98.9 Å². The van der Waals surface area contributed by atoms with E-state index < -0.39 is 17.2 Å². The molecule has 31 heavy (non-hydrogen) atoms. The highest BCUT2D eigenvalue weighted by molar-refractivity contribution is 6.31. The second-order valence-electron chi connectivity index (χ2n) is 6.96. The van der Waals surface area contributed by atoms with Gasteiger partial charge < -0.3 is 5.32 Å². The highest BCUT2D eigenvalue weighted by Gasteiger charge is 2.17. The molecule has 0 atom stereocenters. The van der Waals surface area contributed by atoms with Crippen molar-refractivity contribution in [3.63, 3.8) is 0 Å². The van der Waals surface area contributed by atoms with Crippen molar-refractivity contribution in [1.82, 2.24) is 19.1 Å². The van der Waals surface area contributed by atoms with Gasteiger partial charge in [0.05, 0.1) is 17.8 Å². The number of anilines is 1. The zero-order valence-corrected chi connectivity index (χ0v) is 17.3. The molecule has 0 saturated heterocycles. The lowest BCUT2D eigenvalue weighted by Gasteiger charge is -2.14. The van der Waals surface area contributed by atoms with Crippen LogP contribution in [0.2, 0.25) is 5.02 Å². The molecule has 8 nitrogen and oxygen atoms in total. The Morgan fingerprint density at radius 1 is 1.03 bits per heavy atom. The maximum atomic E-state index is 13.2. The molecule has 0 spiro atoms. The van der Waals surface area contributed by atoms with Crippen molar-refractivity contribution in [3.8, 4) is 0 Å². The number of nitrogens with one attached hydrogen (secondary N) is 1. The highest BCUT2D eigenvalue weighted by atomic mass is 35.5. The van der Waals surface area contributed by atoms with Crippen molar-refractivity contribution in [2.75, 3.05) is 5.32 Å². The number of rotatable bonds is 5. The predicted octanol–water partition coefficient (Wildman–Crippen LogP) is 2.60. The molecule has 0 radical (unpaired) electrons. The Morgan fingerprint density at radius 2 is 1.84 bits per heavy atom. The summed E-state index contributed by atoms with van der Waals surface area (Å²) in [5, 5.41) is 3.25. The van der Waals surface area contributed by atoms with Crippen molar-refractivity contribution >= 4 is 34.2 Å². The van der Waals surface area contributed by atoms with E-state index in [1.54, 1.807) is 54.7 Å². The molecule has 1 N–H and O–H groups in total. The maximum absolute atomic E-state index is 13.2. The van der Waals surface area contributed by atoms with Gasteiger partial charge in [0.2, 0.25) is 5.91 Å². The largest absolute Gasteiger partial charge is 0.332 e. The monoisotopic (exact) mass is 435 g/mol.